The first-order valence-corrected chi connectivity index (χ1v) is 13.0. The van der Waals surface area contributed by atoms with Crippen LogP contribution in [0.5, 0.6) is 0 Å². The number of carbonyl (C=O) groups is 3. The van der Waals surface area contributed by atoms with Gasteiger partial charge in [-0.2, -0.15) is 5.10 Å². The molecule has 0 bridgehead atoms. The van der Waals surface area contributed by atoms with Crippen molar-refractivity contribution in [2.75, 3.05) is 60.1 Å². The van der Waals surface area contributed by atoms with E-state index in [1.54, 1.807) is 10.9 Å². The fourth-order valence-electron chi connectivity index (χ4n) is 5.80. The monoisotopic (exact) mass is 515 g/mol. The second kappa shape index (κ2) is 12.0. The number of aryl methyl sites for hydroxylation is 1. The Morgan fingerprint density at radius 3 is 2.51 bits per heavy atom. The van der Waals surface area contributed by atoms with Crippen molar-refractivity contribution in [2.24, 2.45) is 0 Å². The Bertz CT molecular complexity index is 1090. The molecular formula is C26H39N6O5+. The van der Waals surface area contributed by atoms with Crippen molar-refractivity contribution in [2.45, 2.75) is 45.0 Å². The van der Waals surface area contributed by atoms with Gasteiger partial charge >= 0.3 is 0 Å². The first-order chi connectivity index (χ1) is 17.9. The third-order valence-corrected chi connectivity index (χ3v) is 7.94. The van der Waals surface area contributed by atoms with E-state index in [4.69, 9.17) is 9.47 Å². The number of nitrogens with one attached hydrogen (secondary N) is 1. The van der Waals surface area contributed by atoms with Gasteiger partial charge in [-0.05, 0) is 37.6 Å². The van der Waals surface area contributed by atoms with Gasteiger partial charge in [0.05, 0.1) is 37.9 Å². The molecule has 2 fully saturated rings. The van der Waals surface area contributed by atoms with E-state index in [2.05, 4.69) is 34.5 Å². The van der Waals surface area contributed by atoms with Crippen molar-refractivity contribution in [1.82, 2.24) is 24.9 Å². The standard InChI is InChI=1S/C26H39N6O5/c1-20-12-21(13-22-15-28-31(25(20)22)16-36-18-33)14-24(27-2)26(35)30-8-6-29(7-9-30)23-4-10-32(3,11-5-23)17-37-19-34/h12-13,15,18-19,23-24,27H,4-11,14,16-17H2,1-3H3/q+1. The Morgan fingerprint density at radius 2 is 1.86 bits per heavy atom. The number of carbonyl (C=O) groups excluding carboxylic acids is 3. The van der Waals surface area contributed by atoms with Crippen molar-refractivity contribution in [3.05, 3.63) is 29.5 Å². The van der Waals surface area contributed by atoms with Crippen molar-refractivity contribution >= 4 is 29.8 Å². The summed E-state index contributed by atoms with van der Waals surface area (Å²) in [6, 6.07) is 4.35. The molecule has 11 nitrogen and oxygen atoms in total. The van der Waals surface area contributed by atoms with Crippen LogP contribution in [0.4, 0.5) is 0 Å². The lowest BCUT2D eigenvalue weighted by Crippen LogP contribution is -2.59. The highest BCUT2D eigenvalue weighted by Crippen LogP contribution is 2.24. The molecule has 0 spiro atoms. The molecule has 2 aromatic rings. The molecular weight excluding hydrogens is 476 g/mol. The first kappa shape index (κ1) is 27.0. The number of hydrogen-bond donors (Lipinski definition) is 1. The summed E-state index contributed by atoms with van der Waals surface area (Å²) in [6.45, 7) is 8.68. The van der Waals surface area contributed by atoms with E-state index in [-0.39, 0.29) is 18.7 Å². The maximum Gasteiger partial charge on any atom is 0.297 e. The van der Waals surface area contributed by atoms with Gasteiger partial charge in [0.25, 0.3) is 12.9 Å². The number of likely N-dealkylation sites (N-methyl/N-ethyl adjacent to an activating group) is 1. The number of hydrogen-bond acceptors (Lipinski definition) is 8. The zero-order valence-electron chi connectivity index (χ0n) is 22.1. The smallest absolute Gasteiger partial charge is 0.297 e. The Hall–Kier alpha value is -3.02. The van der Waals surface area contributed by atoms with Crippen LogP contribution in [0.15, 0.2) is 18.3 Å². The number of nitrogens with zero attached hydrogens (tertiary/aromatic N) is 5. The van der Waals surface area contributed by atoms with Crippen molar-refractivity contribution in [1.29, 1.82) is 0 Å². The summed E-state index contributed by atoms with van der Waals surface area (Å²) in [6.07, 6.45) is 4.50. The molecule has 1 atom stereocenters. The van der Waals surface area contributed by atoms with Crippen LogP contribution in [-0.2, 0) is 37.0 Å². The van der Waals surface area contributed by atoms with E-state index in [1.807, 2.05) is 18.9 Å². The molecule has 3 heterocycles. The summed E-state index contributed by atoms with van der Waals surface area (Å²) in [5, 5.41) is 8.51. The van der Waals surface area contributed by atoms with Crippen molar-refractivity contribution in [3.63, 3.8) is 0 Å². The predicted molar refractivity (Wildman–Crippen MR) is 137 cm³/mol. The van der Waals surface area contributed by atoms with Crippen molar-refractivity contribution in [3.8, 4) is 0 Å². The minimum absolute atomic E-state index is 0.0741. The second-order valence-electron chi connectivity index (χ2n) is 10.5. The zero-order chi connectivity index (χ0) is 26.4. The second-order valence-corrected chi connectivity index (χ2v) is 10.5. The maximum absolute atomic E-state index is 13.4. The van der Waals surface area contributed by atoms with Gasteiger partial charge in [-0.3, -0.25) is 23.8 Å². The van der Waals surface area contributed by atoms with Crippen LogP contribution in [0.3, 0.4) is 0 Å². The summed E-state index contributed by atoms with van der Waals surface area (Å²) < 4.78 is 12.3. The maximum atomic E-state index is 13.4. The zero-order valence-corrected chi connectivity index (χ0v) is 22.1. The molecule has 11 heteroatoms. The van der Waals surface area contributed by atoms with E-state index in [0.29, 0.717) is 32.1 Å². The Kier molecular flexibility index (Phi) is 8.78. The number of likely N-dealkylation sites (tertiary alicyclic amines) is 1. The highest BCUT2D eigenvalue weighted by molar-refractivity contribution is 5.84. The molecule has 0 saturated carbocycles. The fourth-order valence-corrected chi connectivity index (χ4v) is 5.80. The van der Waals surface area contributed by atoms with Gasteiger partial charge in [0.1, 0.15) is 0 Å². The van der Waals surface area contributed by atoms with Gasteiger partial charge in [-0.1, -0.05) is 6.07 Å². The quantitative estimate of drug-likeness (QED) is 0.341. The number of fused-ring (bicyclic) bond motifs is 1. The van der Waals surface area contributed by atoms with Crippen LogP contribution in [0.2, 0.25) is 0 Å². The van der Waals surface area contributed by atoms with Gasteiger partial charge in [-0.25, -0.2) is 4.68 Å². The third kappa shape index (κ3) is 6.28. The average molecular weight is 516 g/mol. The summed E-state index contributed by atoms with van der Waals surface area (Å²) in [4.78, 5) is 39.0. The molecule has 0 radical (unpaired) electrons. The fraction of sp³-hybridized carbons (Fsp3) is 0.615. The number of aromatic nitrogens is 2. The normalized spacial score (nSPS) is 23.5. The summed E-state index contributed by atoms with van der Waals surface area (Å²) in [5.41, 5.74) is 3.01. The van der Waals surface area contributed by atoms with Crippen LogP contribution in [0, 0.1) is 6.92 Å². The molecule has 202 valence electrons. The van der Waals surface area contributed by atoms with Crippen LogP contribution in [0.25, 0.3) is 10.9 Å². The molecule has 4 rings (SSSR count). The van der Waals surface area contributed by atoms with Crippen LogP contribution < -0.4 is 5.32 Å². The Balaban J connectivity index is 1.32. The largest absolute Gasteiger partial charge is 0.445 e. The SMILES string of the molecule is CNC(Cc1cc(C)c2c(cnn2COC=O)c1)C(=O)N1CCN(C2CC[N+](C)(COC=O)CC2)CC1. The minimum Gasteiger partial charge on any atom is -0.445 e. The predicted octanol–water partition coefficient (Wildman–Crippen LogP) is 0.489. The lowest BCUT2D eigenvalue weighted by atomic mass is 9.99. The van der Waals surface area contributed by atoms with E-state index in [0.717, 1.165) is 78.6 Å². The summed E-state index contributed by atoms with van der Waals surface area (Å²) in [7, 11) is 3.98. The molecule has 2 aliphatic rings. The number of quaternary nitrogens is 1. The first-order valence-electron chi connectivity index (χ1n) is 13.0. The number of ether oxygens (including phenoxy) is 2. The van der Waals surface area contributed by atoms with Gasteiger partial charge < -0.3 is 19.7 Å². The van der Waals surface area contributed by atoms with Gasteiger partial charge in [-0.15, -0.1) is 0 Å². The number of amides is 1. The number of benzene rings is 1. The molecule has 1 unspecified atom stereocenters. The molecule has 0 aliphatic carbocycles. The number of rotatable bonds is 11. The number of piperazine rings is 1. The molecule has 1 amide bonds. The van der Waals surface area contributed by atoms with E-state index in [1.165, 1.54) is 0 Å². The molecule has 1 aromatic heterocycles. The molecule has 2 saturated heterocycles. The lowest BCUT2D eigenvalue weighted by molar-refractivity contribution is -0.930. The summed E-state index contributed by atoms with van der Waals surface area (Å²) >= 11 is 0. The third-order valence-electron chi connectivity index (χ3n) is 7.94. The molecule has 1 aromatic carbocycles. The van der Waals surface area contributed by atoms with Crippen LogP contribution in [0.1, 0.15) is 24.0 Å². The highest BCUT2D eigenvalue weighted by Gasteiger charge is 2.35. The van der Waals surface area contributed by atoms with E-state index >= 15 is 0 Å². The van der Waals surface area contributed by atoms with Crippen LogP contribution in [-0.4, -0.2) is 115 Å². The van der Waals surface area contributed by atoms with E-state index in [9.17, 15) is 14.4 Å². The molecule has 1 N–H and O–H groups in total. The van der Waals surface area contributed by atoms with Crippen LogP contribution >= 0.6 is 0 Å². The average Bonchev–Trinajstić information content (AvgIpc) is 3.33. The van der Waals surface area contributed by atoms with E-state index < -0.39 is 0 Å². The molecule has 37 heavy (non-hydrogen) atoms. The lowest BCUT2D eigenvalue weighted by Gasteiger charge is -2.45. The number of piperidine rings is 1. The summed E-state index contributed by atoms with van der Waals surface area (Å²) in [5.74, 6) is 0.133. The highest BCUT2D eigenvalue weighted by atomic mass is 16.5. The van der Waals surface area contributed by atoms with Crippen molar-refractivity contribution < 1.29 is 28.3 Å². The van der Waals surface area contributed by atoms with Gasteiger partial charge in [0.15, 0.2) is 6.73 Å². The minimum atomic E-state index is -0.303. The van der Waals surface area contributed by atoms with Gasteiger partial charge in [0, 0.05) is 50.4 Å². The topological polar surface area (TPSA) is 106 Å². The Labute approximate surface area is 217 Å². The Morgan fingerprint density at radius 1 is 1.16 bits per heavy atom. The molecule has 2 aliphatic heterocycles. The van der Waals surface area contributed by atoms with Gasteiger partial charge in [0.2, 0.25) is 12.6 Å².